The van der Waals surface area contributed by atoms with Crippen molar-refractivity contribution in [2.45, 2.75) is 65.5 Å². The Bertz CT molecular complexity index is 652. The average Bonchev–Trinajstić information content (AvgIpc) is 2.61. The van der Waals surface area contributed by atoms with Gasteiger partial charge in [-0.1, -0.05) is 32.4 Å². The summed E-state index contributed by atoms with van der Waals surface area (Å²) >= 11 is 6.28. The van der Waals surface area contributed by atoms with Crippen LogP contribution in [0.3, 0.4) is 0 Å². The smallest absolute Gasteiger partial charge is 0.317 e. The van der Waals surface area contributed by atoms with Crippen molar-refractivity contribution in [3.05, 3.63) is 23.4 Å². The number of aromatic nitrogens is 1. The summed E-state index contributed by atoms with van der Waals surface area (Å²) in [4.78, 5) is 21.4. The van der Waals surface area contributed by atoms with E-state index < -0.39 is 0 Å². The number of hydrogen-bond donors (Lipinski definition) is 1. The molecule has 2 heterocycles. The molecule has 1 aliphatic heterocycles. The highest BCUT2D eigenvalue weighted by Gasteiger charge is 2.33. The number of nitrogens with zero attached hydrogens (tertiary/aromatic N) is 3. The van der Waals surface area contributed by atoms with Crippen LogP contribution in [0, 0.1) is 11.3 Å². The molecule has 0 bridgehead atoms. The number of pyridine rings is 1. The zero-order valence-electron chi connectivity index (χ0n) is 17.0. The second-order valence-electron chi connectivity index (χ2n) is 9.16. The van der Waals surface area contributed by atoms with Gasteiger partial charge in [-0.05, 0) is 56.1 Å². The first-order valence-electron chi connectivity index (χ1n) is 10.2. The Balaban J connectivity index is 1.51. The first-order valence-corrected chi connectivity index (χ1v) is 10.6. The van der Waals surface area contributed by atoms with Crippen molar-refractivity contribution >= 4 is 23.4 Å². The van der Waals surface area contributed by atoms with Gasteiger partial charge in [0.25, 0.3) is 0 Å². The van der Waals surface area contributed by atoms with Gasteiger partial charge < -0.3 is 15.1 Å². The third kappa shape index (κ3) is 4.87. The highest BCUT2D eigenvalue weighted by molar-refractivity contribution is 6.32. The minimum atomic E-state index is 0.0773. The molecule has 3 rings (SSSR count). The quantitative estimate of drug-likeness (QED) is 0.802. The predicted molar refractivity (Wildman–Crippen MR) is 111 cm³/mol. The number of hydrogen-bond acceptors (Lipinski definition) is 3. The molecule has 150 valence electrons. The molecule has 6 heteroatoms. The molecule has 27 heavy (non-hydrogen) atoms. The third-order valence-corrected chi connectivity index (χ3v) is 6.50. The molecule has 2 aliphatic rings. The highest BCUT2D eigenvalue weighted by atomic mass is 35.5. The first kappa shape index (κ1) is 20.2. The monoisotopic (exact) mass is 392 g/mol. The topological polar surface area (TPSA) is 48.5 Å². The fourth-order valence-electron chi connectivity index (χ4n) is 4.42. The van der Waals surface area contributed by atoms with E-state index in [0.717, 1.165) is 37.7 Å². The summed E-state index contributed by atoms with van der Waals surface area (Å²) < 4.78 is 0. The summed E-state index contributed by atoms with van der Waals surface area (Å²) in [6.45, 7) is 11.3. The molecular formula is C21H33ClN4O. The van der Waals surface area contributed by atoms with Crippen molar-refractivity contribution in [3.8, 4) is 0 Å². The fraction of sp³-hybridized carbons (Fsp3) is 0.714. The van der Waals surface area contributed by atoms with Gasteiger partial charge in [0.05, 0.1) is 5.02 Å². The van der Waals surface area contributed by atoms with Crippen LogP contribution in [0.5, 0.6) is 0 Å². The lowest BCUT2D eigenvalue weighted by Gasteiger charge is -2.42. The van der Waals surface area contributed by atoms with Crippen LogP contribution in [-0.4, -0.2) is 47.6 Å². The molecule has 1 N–H and O–H groups in total. The van der Waals surface area contributed by atoms with Gasteiger partial charge in [-0.2, -0.15) is 0 Å². The molecule has 1 atom stereocenters. The molecule has 1 saturated carbocycles. The predicted octanol–water partition coefficient (Wildman–Crippen LogP) is 4.56. The SMILES string of the molecule is C[C@@H]1CN(c2ncccc2Cl)CCN1C(=O)NC1CCC(C(C)(C)C)CC1. The van der Waals surface area contributed by atoms with Crippen LogP contribution in [0.15, 0.2) is 18.3 Å². The minimum absolute atomic E-state index is 0.0773. The zero-order valence-corrected chi connectivity index (χ0v) is 17.8. The van der Waals surface area contributed by atoms with Crippen LogP contribution >= 0.6 is 11.6 Å². The van der Waals surface area contributed by atoms with Gasteiger partial charge in [0.15, 0.2) is 0 Å². The van der Waals surface area contributed by atoms with Crippen molar-refractivity contribution in [2.75, 3.05) is 24.5 Å². The number of carbonyl (C=O) groups excluding carboxylic acids is 1. The van der Waals surface area contributed by atoms with Crippen LogP contribution in [0.1, 0.15) is 53.4 Å². The Hall–Kier alpha value is -1.49. The maximum absolute atomic E-state index is 12.8. The Kier molecular flexibility index (Phi) is 6.19. The van der Waals surface area contributed by atoms with Crippen LogP contribution < -0.4 is 10.2 Å². The van der Waals surface area contributed by atoms with Gasteiger partial charge in [-0.15, -0.1) is 0 Å². The second kappa shape index (κ2) is 8.26. The number of carbonyl (C=O) groups is 1. The molecule has 1 saturated heterocycles. The lowest BCUT2D eigenvalue weighted by molar-refractivity contribution is 0.144. The van der Waals surface area contributed by atoms with E-state index in [1.807, 2.05) is 17.0 Å². The molecule has 1 aliphatic carbocycles. The minimum Gasteiger partial charge on any atom is -0.352 e. The number of rotatable bonds is 2. The van der Waals surface area contributed by atoms with Crippen LogP contribution in [0.2, 0.25) is 5.02 Å². The summed E-state index contributed by atoms with van der Waals surface area (Å²) in [5.74, 6) is 1.57. The van der Waals surface area contributed by atoms with E-state index in [4.69, 9.17) is 11.6 Å². The maximum Gasteiger partial charge on any atom is 0.317 e. The van der Waals surface area contributed by atoms with E-state index in [1.54, 1.807) is 6.20 Å². The molecule has 0 radical (unpaired) electrons. The first-order chi connectivity index (χ1) is 12.8. The molecule has 1 aromatic heterocycles. The van der Waals surface area contributed by atoms with Gasteiger partial charge in [-0.3, -0.25) is 0 Å². The van der Waals surface area contributed by atoms with Crippen molar-refractivity contribution in [1.29, 1.82) is 0 Å². The number of urea groups is 1. The highest BCUT2D eigenvalue weighted by Crippen LogP contribution is 2.37. The number of amides is 2. The van der Waals surface area contributed by atoms with Crippen molar-refractivity contribution in [2.24, 2.45) is 11.3 Å². The van der Waals surface area contributed by atoms with Crippen LogP contribution in [0.25, 0.3) is 0 Å². The van der Waals surface area contributed by atoms with E-state index in [1.165, 1.54) is 12.8 Å². The van der Waals surface area contributed by atoms with E-state index in [2.05, 4.69) is 42.9 Å². The Morgan fingerprint density at radius 3 is 2.52 bits per heavy atom. The van der Waals surface area contributed by atoms with E-state index in [9.17, 15) is 4.79 Å². The van der Waals surface area contributed by atoms with Gasteiger partial charge in [0.2, 0.25) is 0 Å². The van der Waals surface area contributed by atoms with E-state index in [-0.39, 0.29) is 12.1 Å². The number of anilines is 1. The fourth-order valence-corrected chi connectivity index (χ4v) is 4.66. The van der Waals surface area contributed by atoms with Crippen molar-refractivity contribution < 1.29 is 4.79 Å². The zero-order chi connectivity index (χ0) is 19.6. The standard InChI is InChI=1S/C21H33ClN4O/c1-15-14-25(19-18(22)6-5-11-23-19)12-13-26(15)20(27)24-17-9-7-16(8-10-17)21(2,3)4/h5-6,11,15-17H,7-10,12-14H2,1-4H3,(H,24,27)/t15-,16?,17?/m1/s1. The molecule has 5 nitrogen and oxygen atoms in total. The third-order valence-electron chi connectivity index (χ3n) is 6.21. The lowest BCUT2D eigenvalue weighted by atomic mass is 9.71. The maximum atomic E-state index is 12.8. The summed E-state index contributed by atoms with van der Waals surface area (Å²) in [6.07, 6.45) is 6.35. The second-order valence-corrected chi connectivity index (χ2v) is 9.57. The Labute approximate surface area is 168 Å². The molecular weight excluding hydrogens is 360 g/mol. The van der Waals surface area contributed by atoms with Gasteiger partial charge in [0.1, 0.15) is 5.82 Å². The molecule has 0 aromatic carbocycles. The van der Waals surface area contributed by atoms with Crippen molar-refractivity contribution in [1.82, 2.24) is 15.2 Å². The molecule has 1 aromatic rings. The summed E-state index contributed by atoms with van der Waals surface area (Å²) in [6, 6.07) is 4.22. The average molecular weight is 393 g/mol. The van der Waals surface area contributed by atoms with Crippen molar-refractivity contribution in [3.63, 3.8) is 0 Å². The van der Waals surface area contributed by atoms with Gasteiger partial charge in [0, 0.05) is 37.9 Å². The Morgan fingerprint density at radius 2 is 1.93 bits per heavy atom. The number of halogens is 1. The summed E-state index contributed by atoms with van der Waals surface area (Å²) in [5, 5.41) is 3.95. The Morgan fingerprint density at radius 1 is 1.22 bits per heavy atom. The van der Waals surface area contributed by atoms with Crippen LogP contribution in [-0.2, 0) is 0 Å². The number of piperazine rings is 1. The molecule has 0 spiro atoms. The van der Waals surface area contributed by atoms with Gasteiger partial charge in [-0.25, -0.2) is 9.78 Å². The summed E-state index contributed by atoms with van der Waals surface area (Å²) in [5.41, 5.74) is 0.368. The molecule has 0 unspecified atom stereocenters. The normalized spacial score (nSPS) is 26.8. The molecule has 2 amide bonds. The van der Waals surface area contributed by atoms with Crippen LogP contribution in [0.4, 0.5) is 10.6 Å². The largest absolute Gasteiger partial charge is 0.352 e. The van der Waals surface area contributed by atoms with E-state index in [0.29, 0.717) is 23.0 Å². The van der Waals surface area contributed by atoms with E-state index >= 15 is 0 Å². The number of nitrogens with one attached hydrogen (secondary N) is 1. The summed E-state index contributed by atoms with van der Waals surface area (Å²) in [7, 11) is 0. The van der Waals surface area contributed by atoms with Gasteiger partial charge >= 0.3 is 6.03 Å². The lowest BCUT2D eigenvalue weighted by Crippen LogP contribution is -2.58. The molecule has 2 fully saturated rings.